The molecule has 0 radical (unpaired) electrons. The SMILES string of the molecule is CCOc1ccc([C@@H]2Cn3nc(-c4nc(-c5ccc(C(F)(F)F)cc5)no4)cc3CO2)cc1. The number of nitrogens with zero attached hydrogens (tertiary/aromatic N) is 4. The van der Waals surface area contributed by atoms with E-state index in [1.165, 1.54) is 12.1 Å². The number of rotatable bonds is 5. The van der Waals surface area contributed by atoms with Crippen LogP contribution in [-0.4, -0.2) is 26.5 Å². The molecule has 10 heteroatoms. The molecule has 0 bridgehead atoms. The van der Waals surface area contributed by atoms with Crippen molar-refractivity contribution in [2.45, 2.75) is 32.4 Å². The summed E-state index contributed by atoms with van der Waals surface area (Å²) in [5, 5.41) is 8.45. The summed E-state index contributed by atoms with van der Waals surface area (Å²) in [5.74, 6) is 1.18. The Hall–Kier alpha value is -3.66. The molecular weight excluding hydrogens is 437 g/mol. The quantitative estimate of drug-likeness (QED) is 0.406. The van der Waals surface area contributed by atoms with Crippen LogP contribution in [0.2, 0.25) is 0 Å². The molecule has 4 aromatic rings. The van der Waals surface area contributed by atoms with Crippen molar-refractivity contribution in [2.75, 3.05) is 6.61 Å². The van der Waals surface area contributed by atoms with Crippen LogP contribution in [-0.2, 0) is 24.1 Å². The van der Waals surface area contributed by atoms with Crippen LogP contribution in [0, 0.1) is 0 Å². The van der Waals surface area contributed by atoms with Crippen molar-refractivity contribution in [3.05, 3.63) is 71.4 Å². The van der Waals surface area contributed by atoms with Crippen LogP contribution in [0.15, 0.2) is 59.1 Å². The third-order valence-corrected chi connectivity index (χ3v) is 5.31. The van der Waals surface area contributed by atoms with Crippen molar-refractivity contribution in [3.63, 3.8) is 0 Å². The Bertz CT molecular complexity index is 1250. The van der Waals surface area contributed by atoms with Crippen molar-refractivity contribution in [1.29, 1.82) is 0 Å². The summed E-state index contributed by atoms with van der Waals surface area (Å²) in [4.78, 5) is 4.30. The van der Waals surface area contributed by atoms with Crippen LogP contribution >= 0.6 is 0 Å². The zero-order valence-electron chi connectivity index (χ0n) is 17.5. The fraction of sp³-hybridized carbons (Fsp3) is 0.261. The number of alkyl halides is 3. The van der Waals surface area contributed by atoms with Gasteiger partial charge in [-0.05, 0) is 42.8 Å². The Morgan fingerprint density at radius 3 is 2.55 bits per heavy atom. The number of aromatic nitrogens is 4. The van der Waals surface area contributed by atoms with E-state index in [-0.39, 0.29) is 17.8 Å². The van der Waals surface area contributed by atoms with E-state index in [4.69, 9.17) is 14.0 Å². The van der Waals surface area contributed by atoms with Gasteiger partial charge in [-0.15, -0.1) is 0 Å². The maximum Gasteiger partial charge on any atom is 0.416 e. The molecule has 170 valence electrons. The van der Waals surface area contributed by atoms with Crippen LogP contribution < -0.4 is 4.74 Å². The number of hydrogen-bond donors (Lipinski definition) is 0. The van der Waals surface area contributed by atoms with E-state index in [0.29, 0.717) is 31.0 Å². The van der Waals surface area contributed by atoms with Gasteiger partial charge in [-0.1, -0.05) is 29.4 Å². The molecule has 7 nitrogen and oxygen atoms in total. The molecule has 1 atom stereocenters. The summed E-state index contributed by atoms with van der Waals surface area (Å²) >= 11 is 0. The third-order valence-electron chi connectivity index (χ3n) is 5.31. The minimum absolute atomic E-state index is 0.161. The molecule has 0 amide bonds. The van der Waals surface area contributed by atoms with E-state index in [1.54, 1.807) is 6.07 Å². The lowest BCUT2D eigenvalue weighted by Crippen LogP contribution is -2.21. The summed E-state index contributed by atoms with van der Waals surface area (Å²) in [6.45, 7) is 3.42. The molecule has 0 unspecified atom stereocenters. The molecule has 0 spiro atoms. The van der Waals surface area contributed by atoms with Gasteiger partial charge >= 0.3 is 6.18 Å². The van der Waals surface area contributed by atoms with Gasteiger partial charge in [0.05, 0.1) is 31.0 Å². The lowest BCUT2D eigenvalue weighted by molar-refractivity contribution is -0.137. The highest BCUT2D eigenvalue weighted by Crippen LogP contribution is 2.32. The standard InChI is InChI=1S/C23H19F3N4O3/c1-2-31-18-9-5-14(6-10-18)20-12-30-17(13-32-20)11-19(28-30)22-27-21(29-33-22)15-3-7-16(8-4-15)23(24,25)26/h3-11,20H,2,12-13H2,1H3/t20-/m0/s1. The van der Waals surface area contributed by atoms with Crippen LogP contribution in [0.4, 0.5) is 13.2 Å². The van der Waals surface area contributed by atoms with Gasteiger partial charge in [-0.3, -0.25) is 4.68 Å². The molecule has 0 fully saturated rings. The molecule has 2 aromatic carbocycles. The van der Waals surface area contributed by atoms with Gasteiger partial charge in [0.2, 0.25) is 5.82 Å². The number of ether oxygens (including phenoxy) is 2. The topological polar surface area (TPSA) is 75.2 Å². The maximum absolute atomic E-state index is 12.8. The van der Waals surface area contributed by atoms with Crippen LogP contribution in [0.5, 0.6) is 5.75 Å². The molecule has 1 aliphatic rings. The van der Waals surface area contributed by atoms with Gasteiger partial charge < -0.3 is 14.0 Å². The zero-order chi connectivity index (χ0) is 23.0. The molecule has 0 N–H and O–H groups in total. The number of benzene rings is 2. The first kappa shape index (κ1) is 21.2. The first-order valence-electron chi connectivity index (χ1n) is 10.3. The maximum atomic E-state index is 12.8. The number of hydrogen-bond acceptors (Lipinski definition) is 6. The monoisotopic (exact) mass is 456 g/mol. The Kier molecular flexibility index (Phi) is 5.37. The molecule has 0 saturated carbocycles. The van der Waals surface area contributed by atoms with Crippen LogP contribution in [0.1, 0.15) is 29.8 Å². The van der Waals surface area contributed by atoms with E-state index in [0.717, 1.165) is 29.1 Å². The Balaban J connectivity index is 1.32. The first-order chi connectivity index (χ1) is 15.9. The van der Waals surface area contributed by atoms with Crippen molar-refractivity contribution >= 4 is 0 Å². The van der Waals surface area contributed by atoms with Gasteiger partial charge in [0.15, 0.2) is 5.69 Å². The smallest absolute Gasteiger partial charge is 0.416 e. The summed E-state index contributed by atoms with van der Waals surface area (Å²) in [5.41, 5.74) is 2.04. The molecule has 3 heterocycles. The van der Waals surface area contributed by atoms with Crippen LogP contribution in [0.3, 0.4) is 0 Å². The second kappa shape index (κ2) is 8.36. The third kappa shape index (κ3) is 4.34. The highest BCUT2D eigenvalue weighted by atomic mass is 19.4. The van der Waals surface area contributed by atoms with Crippen molar-refractivity contribution in [3.8, 4) is 28.7 Å². The highest BCUT2D eigenvalue weighted by Gasteiger charge is 2.30. The number of halogens is 3. The first-order valence-corrected chi connectivity index (χ1v) is 10.3. The van der Waals surface area contributed by atoms with Crippen molar-refractivity contribution in [1.82, 2.24) is 19.9 Å². The Morgan fingerprint density at radius 1 is 1.09 bits per heavy atom. The van der Waals surface area contributed by atoms with Gasteiger partial charge in [0.25, 0.3) is 5.89 Å². The van der Waals surface area contributed by atoms with Gasteiger partial charge in [-0.2, -0.15) is 23.3 Å². The second-order valence-electron chi connectivity index (χ2n) is 7.50. The summed E-state index contributed by atoms with van der Waals surface area (Å²) in [6, 6.07) is 14.2. The predicted molar refractivity (Wildman–Crippen MR) is 111 cm³/mol. The average Bonchev–Trinajstić information content (AvgIpc) is 3.46. The minimum atomic E-state index is -4.40. The fourth-order valence-corrected chi connectivity index (χ4v) is 3.63. The molecule has 1 aliphatic heterocycles. The predicted octanol–water partition coefficient (Wildman–Crippen LogP) is 5.29. The summed E-state index contributed by atoms with van der Waals surface area (Å²) < 4.78 is 56.9. The Morgan fingerprint density at radius 2 is 1.85 bits per heavy atom. The zero-order valence-corrected chi connectivity index (χ0v) is 17.5. The number of fused-ring (bicyclic) bond motifs is 1. The normalized spacial score (nSPS) is 15.9. The lowest BCUT2D eigenvalue weighted by Gasteiger charge is -2.24. The molecule has 5 rings (SSSR count). The second-order valence-corrected chi connectivity index (χ2v) is 7.50. The minimum Gasteiger partial charge on any atom is -0.494 e. The molecule has 2 aromatic heterocycles. The molecule has 33 heavy (non-hydrogen) atoms. The molecule has 0 aliphatic carbocycles. The van der Waals surface area contributed by atoms with Gasteiger partial charge in [0, 0.05) is 5.56 Å². The van der Waals surface area contributed by atoms with Gasteiger partial charge in [0.1, 0.15) is 11.9 Å². The molecular formula is C23H19F3N4O3. The van der Waals surface area contributed by atoms with E-state index >= 15 is 0 Å². The van der Waals surface area contributed by atoms with Crippen molar-refractivity contribution < 1.29 is 27.2 Å². The molecule has 0 saturated heterocycles. The summed E-state index contributed by atoms with van der Waals surface area (Å²) in [6.07, 6.45) is -4.56. The van der Waals surface area contributed by atoms with E-state index < -0.39 is 11.7 Å². The fourth-order valence-electron chi connectivity index (χ4n) is 3.63. The van der Waals surface area contributed by atoms with Gasteiger partial charge in [-0.25, -0.2) is 0 Å². The highest BCUT2D eigenvalue weighted by molar-refractivity contribution is 5.58. The summed E-state index contributed by atoms with van der Waals surface area (Å²) in [7, 11) is 0. The van der Waals surface area contributed by atoms with Crippen molar-refractivity contribution in [2.24, 2.45) is 0 Å². The van der Waals surface area contributed by atoms with E-state index in [2.05, 4.69) is 15.2 Å². The van der Waals surface area contributed by atoms with Crippen LogP contribution in [0.25, 0.3) is 23.0 Å². The van der Waals surface area contributed by atoms with E-state index in [9.17, 15) is 13.2 Å². The largest absolute Gasteiger partial charge is 0.494 e. The Labute approximate surface area is 186 Å². The lowest BCUT2D eigenvalue weighted by atomic mass is 10.1. The van der Waals surface area contributed by atoms with E-state index in [1.807, 2.05) is 35.9 Å². The average molecular weight is 456 g/mol.